The van der Waals surface area contributed by atoms with Crippen LogP contribution < -0.4 is 14.8 Å². The monoisotopic (exact) mass is 292 g/mol. The van der Waals surface area contributed by atoms with Crippen LogP contribution in [-0.2, 0) is 6.54 Å². The highest BCUT2D eigenvalue weighted by Crippen LogP contribution is 2.27. The maximum absolute atomic E-state index is 5.47. The highest BCUT2D eigenvalue weighted by atomic mass is 16.5. The van der Waals surface area contributed by atoms with Gasteiger partial charge in [-0.2, -0.15) is 0 Å². The summed E-state index contributed by atoms with van der Waals surface area (Å²) in [5.74, 6) is 2.67. The number of hydrogen-bond acceptors (Lipinski definition) is 4. The number of piperidine rings is 1. The number of likely N-dealkylation sites (tertiary alicyclic amines) is 1. The fourth-order valence-corrected chi connectivity index (χ4v) is 2.94. The fraction of sp³-hybridized carbons (Fsp3) is 0.647. The van der Waals surface area contributed by atoms with E-state index in [4.69, 9.17) is 9.47 Å². The van der Waals surface area contributed by atoms with Gasteiger partial charge in [-0.3, -0.25) is 4.90 Å². The molecule has 0 unspecified atom stereocenters. The highest BCUT2D eigenvalue weighted by molar-refractivity contribution is 5.40. The molecule has 0 atom stereocenters. The number of methoxy groups -OCH3 is 2. The smallest absolute Gasteiger partial charge is 0.123 e. The third-order valence-corrected chi connectivity index (χ3v) is 4.27. The van der Waals surface area contributed by atoms with Crippen LogP contribution in [0.5, 0.6) is 11.5 Å². The second kappa shape index (κ2) is 8.25. The first-order valence-electron chi connectivity index (χ1n) is 7.90. The fourth-order valence-electron chi connectivity index (χ4n) is 2.94. The van der Waals surface area contributed by atoms with Gasteiger partial charge in [0, 0.05) is 12.1 Å². The van der Waals surface area contributed by atoms with Crippen LogP contribution in [-0.4, -0.2) is 45.3 Å². The van der Waals surface area contributed by atoms with Gasteiger partial charge in [-0.05, 0) is 63.1 Å². The van der Waals surface area contributed by atoms with E-state index in [1.165, 1.54) is 18.4 Å². The van der Waals surface area contributed by atoms with Crippen LogP contribution in [0.2, 0.25) is 0 Å². The van der Waals surface area contributed by atoms with Gasteiger partial charge in [0.15, 0.2) is 0 Å². The minimum atomic E-state index is 0.827. The normalized spacial score (nSPS) is 16.9. The Kier molecular flexibility index (Phi) is 6.33. The predicted molar refractivity (Wildman–Crippen MR) is 86.1 cm³/mol. The molecule has 4 heteroatoms. The van der Waals surface area contributed by atoms with Gasteiger partial charge in [0.2, 0.25) is 0 Å². The first-order chi connectivity index (χ1) is 10.3. The van der Waals surface area contributed by atoms with Crippen molar-refractivity contribution < 1.29 is 9.47 Å². The summed E-state index contributed by atoms with van der Waals surface area (Å²) in [6, 6.07) is 6.03. The van der Waals surface area contributed by atoms with E-state index in [0.717, 1.165) is 50.1 Å². The lowest BCUT2D eigenvalue weighted by Crippen LogP contribution is -2.36. The standard InChI is InChI=1S/C17H28N2O2/c1-4-18-12-14-7-9-19(10-8-14)13-15-11-16(20-2)5-6-17(15)21-3/h5-6,11,14,18H,4,7-10,12-13H2,1-3H3. The second-order valence-corrected chi connectivity index (χ2v) is 5.70. The summed E-state index contributed by atoms with van der Waals surface area (Å²) in [6.45, 7) is 7.67. The van der Waals surface area contributed by atoms with Crippen molar-refractivity contribution in [2.75, 3.05) is 40.4 Å². The van der Waals surface area contributed by atoms with E-state index in [0.29, 0.717) is 0 Å². The molecule has 4 nitrogen and oxygen atoms in total. The highest BCUT2D eigenvalue weighted by Gasteiger charge is 2.20. The van der Waals surface area contributed by atoms with Crippen LogP contribution in [0.3, 0.4) is 0 Å². The van der Waals surface area contributed by atoms with E-state index in [1.807, 2.05) is 12.1 Å². The Bertz CT molecular complexity index is 429. The zero-order valence-electron chi connectivity index (χ0n) is 13.5. The molecule has 1 aliphatic heterocycles. The lowest BCUT2D eigenvalue weighted by Gasteiger charge is -2.32. The van der Waals surface area contributed by atoms with Gasteiger partial charge < -0.3 is 14.8 Å². The first-order valence-corrected chi connectivity index (χ1v) is 7.90. The SMILES string of the molecule is CCNCC1CCN(Cc2cc(OC)ccc2OC)CC1. The zero-order valence-corrected chi connectivity index (χ0v) is 13.5. The topological polar surface area (TPSA) is 33.7 Å². The molecule has 1 aromatic rings. The Morgan fingerprint density at radius 2 is 1.95 bits per heavy atom. The molecule has 0 saturated carbocycles. The van der Waals surface area contributed by atoms with E-state index in [9.17, 15) is 0 Å². The summed E-state index contributed by atoms with van der Waals surface area (Å²) in [6.07, 6.45) is 2.55. The predicted octanol–water partition coefficient (Wildman–Crippen LogP) is 2.53. The van der Waals surface area contributed by atoms with Crippen LogP contribution in [0, 0.1) is 5.92 Å². The summed E-state index contributed by atoms with van der Waals surface area (Å²) < 4.78 is 10.8. The Labute approximate surface area is 128 Å². The average molecular weight is 292 g/mol. The van der Waals surface area contributed by atoms with Gasteiger partial charge >= 0.3 is 0 Å². The largest absolute Gasteiger partial charge is 0.497 e. The maximum Gasteiger partial charge on any atom is 0.123 e. The minimum Gasteiger partial charge on any atom is -0.497 e. The second-order valence-electron chi connectivity index (χ2n) is 5.70. The van der Waals surface area contributed by atoms with Crippen molar-refractivity contribution in [3.63, 3.8) is 0 Å². The molecule has 2 rings (SSSR count). The maximum atomic E-state index is 5.47. The first kappa shape index (κ1) is 16.1. The number of benzene rings is 1. The number of nitrogens with zero attached hydrogens (tertiary/aromatic N) is 1. The summed E-state index contributed by atoms with van der Waals surface area (Å²) in [5, 5.41) is 3.46. The summed E-state index contributed by atoms with van der Waals surface area (Å²) in [5.41, 5.74) is 1.21. The van der Waals surface area contributed by atoms with Crippen molar-refractivity contribution in [1.29, 1.82) is 0 Å². The molecule has 118 valence electrons. The van der Waals surface area contributed by atoms with Crippen molar-refractivity contribution in [1.82, 2.24) is 10.2 Å². The molecule has 0 aliphatic carbocycles. The van der Waals surface area contributed by atoms with Crippen LogP contribution in [0.4, 0.5) is 0 Å². The Morgan fingerprint density at radius 3 is 2.57 bits per heavy atom. The summed E-state index contributed by atoms with van der Waals surface area (Å²) >= 11 is 0. The van der Waals surface area contributed by atoms with E-state index in [1.54, 1.807) is 14.2 Å². The number of nitrogens with one attached hydrogen (secondary N) is 1. The lowest BCUT2D eigenvalue weighted by atomic mass is 9.96. The molecule has 1 N–H and O–H groups in total. The molecule has 0 bridgehead atoms. The zero-order chi connectivity index (χ0) is 15.1. The molecule has 1 heterocycles. The third-order valence-electron chi connectivity index (χ3n) is 4.27. The molecular formula is C17H28N2O2. The number of hydrogen-bond donors (Lipinski definition) is 1. The van der Waals surface area contributed by atoms with Crippen molar-refractivity contribution in [2.45, 2.75) is 26.3 Å². The van der Waals surface area contributed by atoms with Crippen molar-refractivity contribution in [2.24, 2.45) is 5.92 Å². The van der Waals surface area contributed by atoms with Crippen LogP contribution in [0.1, 0.15) is 25.3 Å². The average Bonchev–Trinajstić information content (AvgIpc) is 2.54. The Balaban J connectivity index is 1.90. The lowest BCUT2D eigenvalue weighted by molar-refractivity contribution is 0.174. The van der Waals surface area contributed by atoms with Crippen molar-refractivity contribution >= 4 is 0 Å². The molecule has 1 aromatic carbocycles. The van der Waals surface area contributed by atoms with Crippen LogP contribution in [0.15, 0.2) is 18.2 Å². The molecule has 0 spiro atoms. The van der Waals surface area contributed by atoms with E-state index >= 15 is 0 Å². The van der Waals surface area contributed by atoms with Crippen LogP contribution in [0.25, 0.3) is 0 Å². The van der Waals surface area contributed by atoms with Crippen LogP contribution >= 0.6 is 0 Å². The molecule has 0 amide bonds. The Morgan fingerprint density at radius 1 is 1.19 bits per heavy atom. The van der Waals surface area contributed by atoms with Gasteiger partial charge in [-0.15, -0.1) is 0 Å². The summed E-state index contributed by atoms with van der Waals surface area (Å²) in [7, 11) is 3.44. The van der Waals surface area contributed by atoms with Gasteiger partial charge in [0.25, 0.3) is 0 Å². The third kappa shape index (κ3) is 4.61. The van der Waals surface area contributed by atoms with Gasteiger partial charge in [0.05, 0.1) is 14.2 Å². The Hall–Kier alpha value is -1.26. The van der Waals surface area contributed by atoms with E-state index in [-0.39, 0.29) is 0 Å². The van der Waals surface area contributed by atoms with Gasteiger partial charge in [-0.25, -0.2) is 0 Å². The van der Waals surface area contributed by atoms with Crippen molar-refractivity contribution in [3.8, 4) is 11.5 Å². The van der Waals surface area contributed by atoms with Crippen molar-refractivity contribution in [3.05, 3.63) is 23.8 Å². The number of ether oxygens (including phenoxy) is 2. The molecule has 1 fully saturated rings. The van der Waals surface area contributed by atoms with Gasteiger partial charge in [-0.1, -0.05) is 6.92 Å². The quantitative estimate of drug-likeness (QED) is 0.837. The molecule has 1 saturated heterocycles. The van der Waals surface area contributed by atoms with E-state index < -0.39 is 0 Å². The summed E-state index contributed by atoms with van der Waals surface area (Å²) in [4.78, 5) is 2.51. The van der Waals surface area contributed by atoms with E-state index in [2.05, 4.69) is 23.2 Å². The molecule has 0 radical (unpaired) electrons. The molecule has 0 aromatic heterocycles. The molecule has 1 aliphatic rings. The minimum absolute atomic E-state index is 0.827. The molecule has 21 heavy (non-hydrogen) atoms. The number of rotatable bonds is 7. The molecular weight excluding hydrogens is 264 g/mol. The van der Waals surface area contributed by atoms with Gasteiger partial charge in [0.1, 0.15) is 11.5 Å².